The molecule has 0 spiro atoms. The van der Waals surface area contributed by atoms with Crippen molar-refractivity contribution in [3.8, 4) is 11.5 Å². The largest absolute Gasteiger partial charge is 0.505 e. The van der Waals surface area contributed by atoms with Gasteiger partial charge in [-0.2, -0.15) is 0 Å². The Morgan fingerprint density at radius 1 is 1.16 bits per heavy atom. The van der Waals surface area contributed by atoms with E-state index in [1.807, 2.05) is 0 Å². The highest BCUT2D eigenvalue weighted by Crippen LogP contribution is 2.31. The molecular formula is C15H9FO3. The Labute approximate surface area is 108 Å². The van der Waals surface area contributed by atoms with E-state index in [1.54, 1.807) is 24.3 Å². The molecule has 1 aliphatic rings. The van der Waals surface area contributed by atoms with Gasteiger partial charge in [0.2, 0.25) is 5.78 Å². The molecule has 0 amide bonds. The fourth-order valence-corrected chi connectivity index (χ4v) is 1.90. The summed E-state index contributed by atoms with van der Waals surface area (Å²) >= 11 is 0. The van der Waals surface area contributed by atoms with Gasteiger partial charge in [0.15, 0.2) is 17.3 Å². The van der Waals surface area contributed by atoms with Gasteiger partial charge < -0.3 is 9.84 Å². The molecule has 0 atom stereocenters. The summed E-state index contributed by atoms with van der Waals surface area (Å²) in [6.45, 7) is 0. The number of phenols is 1. The number of rotatable bonds is 1. The van der Waals surface area contributed by atoms with Crippen LogP contribution in [0.3, 0.4) is 0 Å². The topological polar surface area (TPSA) is 46.5 Å². The van der Waals surface area contributed by atoms with E-state index in [-0.39, 0.29) is 11.5 Å². The highest BCUT2D eigenvalue weighted by molar-refractivity contribution is 6.14. The summed E-state index contributed by atoms with van der Waals surface area (Å²) < 4.78 is 18.6. The van der Waals surface area contributed by atoms with Crippen LogP contribution >= 0.6 is 0 Å². The second-order valence-corrected chi connectivity index (χ2v) is 4.15. The second-order valence-electron chi connectivity index (χ2n) is 4.15. The molecule has 19 heavy (non-hydrogen) atoms. The molecule has 0 fully saturated rings. The lowest BCUT2D eigenvalue weighted by molar-refractivity contribution is 0.101. The standard InChI is InChI=1S/C15H9FO3/c16-11-7-9(5-6-12(11)17)8-14-15(18)10-3-1-2-4-13(10)19-14/h1-8,17H/b14-8-. The van der Waals surface area contributed by atoms with E-state index in [1.165, 1.54) is 18.2 Å². The van der Waals surface area contributed by atoms with Gasteiger partial charge in [0.1, 0.15) is 5.75 Å². The summed E-state index contributed by atoms with van der Waals surface area (Å²) in [6, 6.07) is 10.8. The molecule has 1 heterocycles. The summed E-state index contributed by atoms with van der Waals surface area (Å²) in [7, 11) is 0. The zero-order chi connectivity index (χ0) is 13.4. The lowest BCUT2D eigenvalue weighted by Gasteiger charge is -1.99. The zero-order valence-corrected chi connectivity index (χ0v) is 9.76. The van der Waals surface area contributed by atoms with Gasteiger partial charge in [-0.05, 0) is 35.9 Å². The lowest BCUT2D eigenvalue weighted by atomic mass is 10.1. The Morgan fingerprint density at radius 3 is 2.68 bits per heavy atom. The van der Waals surface area contributed by atoms with Crippen molar-refractivity contribution in [3.63, 3.8) is 0 Å². The number of hydrogen-bond donors (Lipinski definition) is 1. The Morgan fingerprint density at radius 2 is 1.95 bits per heavy atom. The van der Waals surface area contributed by atoms with Gasteiger partial charge in [0.05, 0.1) is 5.56 Å². The molecule has 2 aromatic carbocycles. The molecule has 0 unspecified atom stereocenters. The van der Waals surface area contributed by atoms with Crippen molar-refractivity contribution in [2.45, 2.75) is 0 Å². The number of hydrogen-bond acceptors (Lipinski definition) is 3. The molecule has 1 N–H and O–H groups in total. The number of Topliss-reactive ketones (excluding diaryl/α,β-unsaturated/α-hetero) is 1. The third kappa shape index (κ3) is 1.97. The van der Waals surface area contributed by atoms with Crippen LogP contribution in [0.5, 0.6) is 11.5 Å². The average Bonchev–Trinajstić information content (AvgIpc) is 2.72. The van der Waals surface area contributed by atoms with Crippen molar-refractivity contribution in [1.82, 2.24) is 0 Å². The molecule has 0 bridgehead atoms. The number of aromatic hydroxyl groups is 1. The summed E-state index contributed by atoms with van der Waals surface area (Å²) in [4.78, 5) is 12.0. The fourth-order valence-electron chi connectivity index (χ4n) is 1.90. The van der Waals surface area contributed by atoms with Gasteiger partial charge in [0, 0.05) is 0 Å². The minimum Gasteiger partial charge on any atom is -0.505 e. The van der Waals surface area contributed by atoms with Crippen molar-refractivity contribution in [1.29, 1.82) is 0 Å². The van der Waals surface area contributed by atoms with Crippen LogP contribution < -0.4 is 4.74 Å². The minimum atomic E-state index is -0.739. The third-order valence-corrected chi connectivity index (χ3v) is 2.84. The van der Waals surface area contributed by atoms with Gasteiger partial charge in [-0.25, -0.2) is 4.39 Å². The number of para-hydroxylation sites is 1. The molecule has 0 aromatic heterocycles. The van der Waals surface area contributed by atoms with E-state index in [4.69, 9.17) is 9.84 Å². The van der Waals surface area contributed by atoms with Crippen LogP contribution in [0.1, 0.15) is 15.9 Å². The number of halogens is 1. The van der Waals surface area contributed by atoms with Gasteiger partial charge in [-0.3, -0.25) is 4.79 Å². The van der Waals surface area contributed by atoms with Crippen LogP contribution in [0.25, 0.3) is 6.08 Å². The first-order valence-electron chi connectivity index (χ1n) is 5.67. The van der Waals surface area contributed by atoms with Crippen LogP contribution in [-0.2, 0) is 0 Å². The number of carbonyl (C=O) groups is 1. The van der Waals surface area contributed by atoms with E-state index < -0.39 is 11.6 Å². The summed E-state index contributed by atoms with van der Waals surface area (Å²) in [5, 5.41) is 9.10. The molecule has 2 aromatic rings. The van der Waals surface area contributed by atoms with E-state index in [0.29, 0.717) is 16.9 Å². The minimum absolute atomic E-state index is 0.145. The maximum absolute atomic E-state index is 13.2. The summed E-state index contributed by atoms with van der Waals surface area (Å²) in [5.41, 5.74) is 0.944. The number of allylic oxidation sites excluding steroid dienone is 1. The number of phenolic OH excluding ortho intramolecular Hbond substituents is 1. The van der Waals surface area contributed by atoms with Crippen molar-refractivity contribution < 1.29 is 19.0 Å². The third-order valence-electron chi connectivity index (χ3n) is 2.84. The van der Waals surface area contributed by atoms with E-state index in [2.05, 4.69) is 0 Å². The van der Waals surface area contributed by atoms with Crippen molar-refractivity contribution >= 4 is 11.9 Å². The van der Waals surface area contributed by atoms with E-state index in [0.717, 1.165) is 6.07 Å². The number of benzene rings is 2. The van der Waals surface area contributed by atoms with E-state index in [9.17, 15) is 9.18 Å². The van der Waals surface area contributed by atoms with Crippen molar-refractivity contribution in [2.75, 3.05) is 0 Å². The summed E-state index contributed by atoms with van der Waals surface area (Å²) in [6.07, 6.45) is 1.45. The molecule has 94 valence electrons. The predicted molar refractivity (Wildman–Crippen MR) is 67.4 cm³/mol. The quantitative estimate of drug-likeness (QED) is 0.797. The molecule has 0 saturated heterocycles. The lowest BCUT2D eigenvalue weighted by Crippen LogP contribution is -1.98. The smallest absolute Gasteiger partial charge is 0.231 e. The molecule has 0 saturated carbocycles. The second kappa shape index (κ2) is 4.24. The van der Waals surface area contributed by atoms with Crippen molar-refractivity contribution in [2.24, 2.45) is 0 Å². The number of ketones is 1. The Kier molecular flexibility index (Phi) is 2.56. The highest BCUT2D eigenvalue weighted by Gasteiger charge is 2.26. The monoisotopic (exact) mass is 256 g/mol. The molecule has 3 rings (SSSR count). The molecule has 1 aliphatic heterocycles. The maximum Gasteiger partial charge on any atom is 0.231 e. The molecule has 3 nitrogen and oxygen atoms in total. The number of ether oxygens (including phenoxy) is 1. The first-order chi connectivity index (χ1) is 9.15. The maximum atomic E-state index is 13.2. The average molecular weight is 256 g/mol. The van der Waals surface area contributed by atoms with Crippen LogP contribution in [0.4, 0.5) is 4.39 Å². The highest BCUT2D eigenvalue weighted by atomic mass is 19.1. The van der Waals surface area contributed by atoms with Gasteiger partial charge >= 0.3 is 0 Å². The Hall–Kier alpha value is -2.62. The van der Waals surface area contributed by atoms with Gasteiger partial charge in [-0.1, -0.05) is 18.2 Å². The fraction of sp³-hybridized carbons (Fsp3) is 0. The predicted octanol–water partition coefficient (Wildman–Crippen LogP) is 3.15. The number of fused-ring (bicyclic) bond motifs is 1. The first kappa shape index (κ1) is 11.5. The molecule has 0 radical (unpaired) electrons. The SMILES string of the molecule is O=C1/C(=C/c2ccc(O)c(F)c2)Oc2ccccc21. The normalized spacial score (nSPS) is 15.4. The van der Waals surface area contributed by atoms with Crippen LogP contribution in [0, 0.1) is 5.82 Å². The van der Waals surface area contributed by atoms with Crippen molar-refractivity contribution in [3.05, 3.63) is 65.2 Å². The molecule has 4 heteroatoms. The van der Waals surface area contributed by atoms with E-state index >= 15 is 0 Å². The first-order valence-corrected chi connectivity index (χ1v) is 5.67. The summed E-state index contributed by atoms with van der Waals surface area (Å²) in [5.74, 6) is -0.755. The Balaban J connectivity index is 1.98. The van der Waals surface area contributed by atoms with Crippen LogP contribution in [0.2, 0.25) is 0 Å². The molecule has 0 aliphatic carbocycles. The van der Waals surface area contributed by atoms with Crippen LogP contribution in [-0.4, -0.2) is 10.9 Å². The van der Waals surface area contributed by atoms with Gasteiger partial charge in [-0.15, -0.1) is 0 Å². The number of carbonyl (C=O) groups excluding carboxylic acids is 1. The Bertz CT molecular complexity index is 704. The van der Waals surface area contributed by atoms with Gasteiger partial charge in [0.25, 0.3) is 0 Å². The van der Waals surface area contributed by atoms with Crippen LogP contribution in [0.15, 0.2) is 48.2 Å². The molecular weight excluding hydrogens is 247 g/mol. The zero-order valence-electron chi connectivity index (χ0n) is 9.76.